The predicted octanol–water partition coefficient (Wildman–Crippen LogP) is 4.34. The van der Waals surface area contributed by atoms with Gasteiger partial charge < -0.3 is 16.4 Å². The number of amides is 3. The van der Waals surface area contributed by atoms with Crippen LogP contribution in [0.1, 0.15) is 18.0 Å². The summed E-state index contributed by atoms with van der Waals surface area (Å²) >= 11 is 13.4. The number of carbonyl (C=O) groups excluding carboxylic acids is 2. The van der Waals surface area contributed by atoms with E-state index < -0.39 is 12.1 Å². The first-order chi connectivity index (χ1) is 12.4. The Morgan fingerprint density at radius 3 is 2.69 bits per heavy atom. The standard InChI is InChI=1S/C17H14Cl2N4O2S/c18-9-5-6-12-14(7-9)26-17(22-12)23-15(24)8-13(21-16(20)25)10-3-1-2-4-11(10)19/h1-7,13H,8H2,(H3,20,21,25)(H,22,23,24)/t13-/m1/s1. The molecule has 4 N–H and O–H groups in total. The first kappa shape index (κ1) is 18.4. The van der Waals surface area contributed by atoms with Crippen LogP contribution in [0, 0.1) is 0 Å². The first-order valence-corrected chi connectivity index (χ1v) is 9.16. The molecule has 3 rings (SSSR count). The van der Waals surface area contributed by atoms with Crippen molar-refractivity contribution >= 4 is 61.8 Å². The number of aromatic nitrogens is 1. The lowest BCUT2D eigenvalue weighted by Gasteiger charge is -2.18. The molecule has 0 aliphatic rings. The number of primary amides is 1. The van der Waals surface area contributed by atoms with Gasteiger partial charge in [0, 0.05) is 10.0 Å². The number of hydrogen-bond donors (Lipinski definition) is 3. The molecule has 1 heterocycles. The van der Waals surface area contributed by atoms with Crippen molar-refractivity contribution in [3.63, 3.8) is 0 Å². The Morgan fingerprint density at radius 1 is 1.19 bits per heavy atom. The maximum Gasteiger partial charge on any atom is 0.312 e. The summed E-state index contributed by atoms with van der Waals surface area (Å²) in [5, 5.41) is 6.77. The number of anilines is 1. The zero-order chi connectivity index (χ0) is 18.7. The van der Waals surface area contributed by atoms with Crippen molar-refractivity contribution in [3.8, 4) is 0 Å². The van der Waals surface area contributed by atoms with Crippen molar-refractivity contribution in [3.05, 3.63) is 58.1 Å². The lowest BCUT2D eigenvalue weighted by Crippen LogP contribution is -2.35. The van der Waals surface area contributed by atoms with Gasteiger partial charge in [-0.2, -0.15) is 0 Å². The molecule has 9 heteroatoms. The van der Waals surface area contributed by atoms with E-state index in [9.17, 15) is 9.59 Å². The molecule has 0 unspecified atom stereocenters. The minimum absolute atomic E-state index is 0.0383. The summed E-state index contributed by atoms with van der Waals surface area (Å²) in [4.78, 5) is 28.1. The molecule has 134 valence electrons. The second kappa shape index (κ2) is 7.90. The van der Waals surface area contributed by atoms with Crippen LogP contribution in [0.4, 0.5) is 9.93 Å². The van der Waals surface area contributed by atoms with E-state index in [4.69, 9.17) is 28.9 Å². The van der Waals surface area contributed by atoms with Gasteiger partial charge in [0.25, 0.3) is 0 Å². The van der Waals surface area contributed by atoms with Crippen LogP contribution in [0.25, 0.3) is 10.2 Å². The molecular weight excluding hydrogens is 395 g/mol. The molecule has 6 nitrogen and oxygen atoms in total. The first-order valence-electron chi connectivity index (χ1n) is 7.58. The maximum absolute atomic E-state index is 12.4. The molecule has 0 spiro atoms. The molecule has 0 aliphatic carbocycles. The lowest BCUT2D eigenvalue weighted by atomic mass is 10.0. The number of urea groups is 1. The van der Waals surface area contributed by atoms with Crippen LogP contribution in [0.2, 0.25) is 10.0 Å². The fourth-order valence-electron chi connectivity index (χ4n) is 2.48. The third-order valence-electron chi connectivity index (χ3n) is 3.58. The number of rotatable bonds is 5. The molecule has 3 amide bonds. The number of fused-ring (bicyclic) bond motifs is 1. The summed E-state index contributed by atoms with van der Waals surface area (Å²) in [6.45, 7) is 0. The van der Waals surface area contributed by atoms with E-state index >= 15 is 0 Å². The highest BCUT2D eigenvalue weighted by Crippen LogP contribution is 2.29. The van der Waals surface area contributed by atoms with Gasteiger partial charge in [-0.25, -0.2) is 9.78 Å². The second-order valence-electron chi connectivity index (χ2n) is 5.47. The molecular formula is C17H14Cl2N4O2S. The number of thiazole rings is 1. The second-order valence-corrected chi connectivity index (χ2v) is 7.34. The zero-order valence-electron chi connectivity index (χ0n) is 13.3. The Balaban J connectivity index is 1.76. The summed E-state index contributed by atoms with van der Waals surface area (Å²) in [6.07, 6.45) is -0.0383. The number of hydrogen-bond acceptors (Lipinski definition) is 4. The monoisotopic (exact) mass is 408 g/mol. The summed E-state index contributed by atoms with van der Waals surface area (Å²) in [7, 11) is 0. The number of nitrogens with zero attached hydrogens (tertiary/aromatic N) is 1. The van der Waals surface area contributed by atoms with Gasteiger partial charge in [-0.05, 0) is 29.8 Å². The van der Waals surface area contributed by atoms with E-state index in [2.05, 4.69) is 15.6 Å². The van der Waals surface area contributed by atoms with Gasteiger partial charge in [-0.3, -0.25) is 4.79 Å². The quantitative estimate of drug-likeness (QED) is 0.585. The summed E-state index contributed by atoms with van der Waals surface area (Å²) in [5.74, 6) is -0.325. The summed E-state index contributed by atoms with van der Waals surface area (Å²) < 4.78 is 0.866. The van der Waals surface area contributed by atoms with Crippen molar-refractivity contribution < 1.29 is 9.59 Å². The summed E-state index contributed by atoms with van der Waals surface area (Å²) in [6, 6.07) is 10.9. The Morgan fingerprint density at radius 2 is 1.96 bits per heavy atom. The number of benzene rings is 2. The molecule has 0 saturated heterocycles. The van der Waals surface area contributed by atoms with E-state index in [0.29, 0.717) is 20.7 Å². The van der Waals surface area contributed by atoms with Crippen molar-refractivity contribution in [1.29, 1.82) is 0 Å². The number of nitrogens with two attached hydrogens (primary N) is 1. The van der Waals surface area contributed by atoms with Crippen LogP contribution in [0.5, 0.6) is 0 Å². The van der Waals surface area contributed by atoms with Crippen LogP contribution in [0.3, 0.4) is 0 Å². The van der Waals surface area contributed by atoms with Crippen molar-refractivity contribution in [2.24, 2.45) is 5.73 Å². The topological polar surface area (TPSA) is 97.1 Å². The molecule has 3 aromatic rings. The third-order valence-corrected chi connectivity index (χ3v) is 5.10. The summed E-state index contributed by atoms with van der Waals surface area (Å²) in [5.41, 5.74) is 6.58. The van der Waals surface area contributed by atoms with Crippen LogP contribution in [0.15, 0.2) is 42.5 Å². The average Bonchev–Trinajstić information content (AvgIpc) is 2.95. The van der Waals surface area contributed by atoms with E-state index in [1.165, 1.54) is 11.3 Å². The number of halogens is 2. The smallest absolute Gasteiger partial charge is 0.312 e. The van der Waals surface area contributed by atoms with Gasteiger partial charge in [-0.1, -0.05) is 52.7 Å². The Kier molecular flexibility index (Phi) is 5.61. The van der Waals surface area contributed by atoms with Gasteiger partial charge in [0.05, 0.1) is 22.7 Å². The van der Waals surface area contributed by atoms with Crippen molar-refractivity contribution in [2.45, 2.75) is 12.5 Å². The Labute approximate surface area is 163 Å². The van der Waals surface area contributed by atoms with E-state index in [0.717, 1.165) is 10.2 Å². The normalized spacial score (nSPS) is 11.9. The molecule has 0 aliphatic heterocycles. The highest BCUT2D eigenvalue weighted by atomic mass is 35.5. The SMILES string of the molecule is NC(=O)N[C@H](CC(=O)Nc1nc2ccc(Cl)cc2s1)c1ccccc1Cl. The van der Waals surface area contributed by atoms with Crippen LogP contribution in [-0.2, 0) is 4.79 Å². The van der Waals surface area contributed by atoms with Gasteiger partial charge in [0.2, 0.25) is 5.91 Å². The van der Waals surface area contributed by atoms with Gasteiger partial charge in [0.1, 0.15) is 0 Å². The predicted molar refractivity (Wildman–Crippen MR) is 105 cm³/mol. The molecule has 1 aromatic heterocycles. The highest BCUT2D eigenvalue weighted by molar-refractivity contribution is 7.22. The minimum Gasteiger partial charge on any atom is -0.352 e. The average molecular weight is 409 g/mol. The molecule has 2 aromatic carbocycles. The highest BCUT2D eigenvalue weighted by Gasteiger charge is 2.20. The van der Waals surface area contributed by atoms with Gasteiger partial charge in [-0.15, -0.1) is 0 Å². The van der Waals surface area contributed by atoms with Gasteiger partial charge in [0.15, 0.2) is 5.13 Å². The van der Waals surface area contributed by atoms with Crippen LogP contribution < -0.4 is 16.4 Å². The molecule has 0 bridgehead atoms. The minimum atomic E-state index is -0.739. The third kappa shape index (κ3) is 4.43. The van der Waals surface area contributed by atoms with Crippen LogP contribution >= 0.6 is 34.5 Å². The van der Waals surface area contributed by atoms with Gasteiger partial charge >= 0.3 is 6.03 Å². The molecule has 0 saturated carbocycles. The zero-order valence-corrected chi connectivity index (χ0v) is 15.7. The number of carbonyl (C=O) groups is 2. The van der Waals surface area contributed by atoms with E-state index in [-0.39, 0.29) is 12.3 Å². The largest absolute Gasteiger partial charge is 0.352 e. The Bertz CT molecular complexity index is 976. The van der Waals surface area contributed by atoms with E-state index in [1.807, 2.05) is 0 Å². The fourth-order valence-corrected chi connectivity index (χ4v) is 3.90. The van der Waals surface area contributed by atoms with E-state index in [1.54, 1.807) is 42.5 Å². The molecule has 0 radical (unpaired) electrons. The lowest BCUT2D eigenvalue weighted by molar-refractivity contribution is -0.116. The van der Waals surface area contributed by atoms with Crippen LogP contribution in [-0.4, -0.2) is 16.9 Å². The molecule has 26 heavy (non-hydrogen) atoms. The Hall–Kier alpha value is -2.35. The fraction of sp³-hybridized carbons (Fsp3) is 0.118. The maximum atomic E-state index is 12.4. The number of nitrogens with one attached hydrogen (secondary N) is 2. The molecule has 0 fully saturated rings. The van der Waals surface area contributed by atoms with Crippen molar-refractivity contribution in [1.82, 2.24) is 10.3 Å². The molecule has 1 atom stereocenters. The van der Waals surface area contributed by atoms with Crippen molar-refractivity contribution in [2.75, 3.05) is 5.32 Å².